The van der Waals surface area contributed by atoms with Gasteiger partial charge in [0.2, 0.25) is 0 Å². The fraction of sp³-hybridized carbons (Fsp3) is 0.556. The standard InChI is InChI=1S/C18H26N4O3S2/c1-20(9-10-25-16-6-4-3-5-7-16)14-22-18(26)21(2)17(19-22)12-15-8-11-27(23,24)13-15/h3-7,15H,8-14H2,1-2H3. The van der Waals surface area contributed by atoms with E-state index < -0.39 is 9.84 Å². The molecule has 7 nitrogen and oxygen atoms in total. The molecule has 9 heteroatoms. The molecule has 148 valence electrons. The molecule has 1 saturated heterocycles. The summed E-state index contributed by atoms with van der Waals surface area (Å²) < 4.78 is 33.4. The average molecular weight is 411 g/mol. The van der Waals surface area contributed by atoms with Crippen LogP contribution < -0.4 is 4.74 Å². The van der Waals surface area contributed by atoms with Crippen molar-refractivity contribution in [1.82, 2.24) is 19.2 Å². The first-order valence-electron chi connectivity index (χ1n) is 9.03. The predicted molar refractivity (Wildman–Crippen MR) is 107 cm³/mol. The molecule has 1 unspecified atom stereocenters. The van der Waals surface area contributed by atoms with Gasteiger partial charge >= 0.3 is 0 Å². The minimum absolute atomic E-state index is 0.135. The normalized spacial score (nSPS) is 18.9. The molecule has 0 N–H and O–H groups in total. The van der Waals surface area contributed by atoms with Gasteiger partial charge in [-0.2, -0.15) is 5.10 Å². The number of nitrogens with zero attached hydrogens (tertiary/aromatic N) is 4. The highest BCUT2D eigenvalue weighted by molar-refractivity contribution is 7.91. The number of hydrogen-bond donors (Lipinski definition) is 0. The van der Waals surface area contributed by atoms with E-state index in [1.165, 1.54) is 0 Å². The van der Waals surface area contributed by atoms with Crippen molar-refractivity contribution in [2.24, 2.45) is 13.0 Å². The second-order valence-corrected chi connectivity index (χ2v) is 9.71. The lowest BCUT2D eigenvalue weighted by Gasteiger charge is -2.16. The Morgan fingerprint density at radius 1 is 1.33 bits per heavy atom. The van der Waals surface area contributed by atoms with Crippen LogP contribution in [0.5, 0.6) is 5.75 Å². The molecule has 0 amide bonds. The minimum atomic E-state index is -2.88. The van der Waals surface area contributed by atoms with Crippen molar-refractivity contribution in [3.63, 3.8) is 0 Å². The maximum absolute atomic E-state index is 11.7. The van der Waals surface area contributed by atoms with Crippen LogP contribution >= 0.6 is 12.2 Å². The monoisotopic (exact) mass is 410 g/mol. The highest BCUT2D eigenvalue weighted by atomic mass is 32.2. The third kappa shape index (κ3) is 5.40. The Kier molecular flexibility index (Phi) is 6.33. The van der Waals surface area contributed by atoms with Crippen LogP contribution in [0.15, 0.2) is 30.3 Å². The molecule has 0 aliphatic carbocycles. The smallest absolute Gasteiger partial charge is 0.198 e. The first kappa shape index (κ1) is 20.0. The lowest BCUT2D eigenvalue weighted by Crippen LogP contribution is -2.27. The van der Waals surface area contributed by atoms with Crippen LogP contribution in [0.25, 0.3) is 0 Å². The molecule has 2 heterocycles. The topological polar surface area (TPSA) is 69.4 Å². The van der Waals surface area contributed by atoms with Crippen LogP contribution in [-0.4, -0.2) is 59.4 Å². The number of likely N-dealkylation sites (N-methyl/N-ethyl adjacent to an activating group) is 1. The van der Waals surface area contributed by atoms with Crippen molar-refractivity contribution < 1.29 is 13.2 Å². The fourth-order valence-electron chi connectivity index (χ4n) is 3.23. The predicted octanol–water partition coefficient (Wildman–Crippen LogP) is 1.90. The molecule has 1 fully saturated rings. The van der Waals surface area contributed by atoms with Crippen LogP contribution in [0.4, 0.5) is 0 Å². The quantitative estimate of drug-likeness (QED) is 0.619. The SMILES string of the molecule is CN(CCOc1ccccc1)Cn1nc(CC2CCS(=O)(=O)C2)n(C)c1=S. The van der Waals surface area contributed by atoms with Gasteiger partial charge < -0.3 is 9.30 Å². The summed E-state index contributed by atoms with van der Waals surface area (Å²) >= 11 is 5.49. The van der Waals surface area contributed by atoms with Gasteiger partial charge in [-0.15, -0.1) is 0 Å². The van der Waals surface area contributed by atoms with E-state index in [9.17, 15) is 8.42 Å². The van der Waals surface area contributed by atoms with E-state index in [4.69, 9.17) is 17.0 Å². The lowest BCUT2D eigenvalue weighted by atomic mass is 10.1. The highest BCUT2D eigenvalue weighted by Gasteiger charge is 2.29. The van der Waals surface area contributed by atoms with Crippen LogP contribution in [0.3, 0.4) is 0 Å². The Balaban J connectivity index is 1.54. The number of hydrogen-bond acceptors (Lipinski definition) is 6. The zero-order valence-corrected chi connectivity index (χ0v) is 17.4. The van der Waals surface area contributed by atoms with Gasteiger partial charge in [0, 0.05) is 20.0 Å². The van der Waals surface area contributed by atoms with E-state index in [-0.39, 0.29) is 17.4 Å². The van der Waals surface area contributed by atoms with E-state index in [1.807, 2.05) is 49.0 Å². The summed E-state index contributed by atoms with van der Waals surface area (Å²) in [5, 5.41) is 4.62. The molecule has 27 heavy (non-hydrogen) atoms. The summed E-state index contributed by atoms with van der Waals surface area (Å²) in [6.07, 6.45) is 1.35. The van der Waals surface area contributed by atoms with Gasteiger partial charge in [-0.1, -0.05) is 18.2 Å². The van der Waals surface area contributed by atoms with Crippen molar-refractivity contribution in [3.05, 3.63) is 40.9 Å². The van der Waals surface area contributed by atoms with E-state index in [0.29, 0.717) is 30.9 Å². The number of rotatable bonds is 8. The van der Waals surface area contributed by atoms with Gasteiger partial charge in [0.25, 0.3) is 0 Å². The van der Waals surface area contributed by atoms with Gasteiger partial charge in [0.1, 0.15) is 18.2 Å². The van der Waals surface area contributed by atoms with Gasteiger partial charge in [-0.25, -0.2) is 13.1 Å². The molecular formula is C18H26N4O3S2. The van der Waals surface area contributed by atoms with E-state index in [2.05, 4.69) is 10.00 Å². The van der Waals surface area contributed by atoms with Crippen molar-refractivity contribution in [2.75, 3.05) is 31.7 Å². The number of aromatic nitrogens is 3. The highest BCUT2D eigenvalue weighted by Crippen LogP contribution is 2.22. The van der Waals surface area contributed by atoms with Crippen LogP contribution in [-0.2, 0) is 30.0 Å². The Bertz CT molecular complexity index is 922. The van der Waals surface area contributed by atoms with E-state index in [0.717, 1.165) is 18.1 Å². The van der Waals surface area contributed by atoms with Crippen molar-refractivity contribution in [3.8, 4) is 5.75 Å². The second kappa shape index (κ2) is 8.53. The van der Waals surface area contributed by atoms with Crippen LogP contribution in [0.2, 0.25) is 0 Å². The Labute approximate surface area is 165 Å². The zero-order valence-electron chi connectivity index (χ0n) is 15.7. The molecule has 0 saturated carbocycles. The number of sulfone groups is 1. The summed E-state index contributed by atoms with van der Waals surface area (Å²) in [4.78, 5) is 2.09. The molecule has 1 aromatic heterocycles. The zero-order chi connectivity index (χ0) is 19.4. The second-order valence-electron chi connectivity index (χ2n) is 7.11. The third-order valence-corrected chi connectivity index (χ3v) is 7.11. The van der Waals surface area contributed by atoms with Crippen molar-refractivity contribution in [1.29, 1.82) is 0 Å². The summed E-state index contributed by atoms with van der Waals surface area (Å²) in [6.45, 7) is 1.88. The molecular weight excluding hydrogens is 384 g/mol. The molecule has 1 aliphatic rings. The fourth-order valence-corrected chi connectivity index (χ4v) is 5.30. The molecule has 3 rings (SSSR count). The van der Waals surface area contributed by atoms with Crippen LogP contribution in [0, 0.1) is 10.7 Å². The maximum atomic E-state index is 11.7. The Hall–Kier alpha value is -1.71. The van der Waals surface area contributed by atoms with Crippen molar-refractivity contribution >= 4 is 22.1 Å². The largest absolute Gasteiger partial charge is 0.492 e. The molecule has 2 aromatic rings. The van der Waals surface area contributed by atoms with Gasteiger partial charge in [-0.3, -0.25) is 4.90 Å². The lowest BCUT2D eigenvalue weighted by molar-refractivity contribution is 0.197. The Morgan fingerprint density at radius 2 is 2.07 bits per heavy atom. The van der Waals surface area contributed by atoms with Crippen molar-refractivity contribution in [2.45, 2.75) is 19.5 Å². The number of ether oxygens (including phenoxy) is 1. The van der Waals surface area contributed by atoms with Crippen LogP contribution in [0.1, 0.15) is 12.2 Å². The first-order chi connectivity index (χ1) is 12.8. The minimum Gasteiger partial charge on any atom is -0.492 e. The van der Waals surface area contributed by atoms with Gasteiger partial charge in [0.15, 0.2) is 14.6 Å². The molecule has 0 radical (unpaired) electrons. The summed E-state index contributed by atoms with van der Waals surface area (Å²) in [5.74, 6) is 2.37. The average Bonchev–Trinajstić information content (AvgIpc) is 3.10. The molecule has 1 aromatic carbocycles. The number of benzene rings is 1. The Morgan fingerprint density at radius 3 is 2.74 bits per heavy atom. The van der Waals surface area contributed by atoms with E-state index >= 15 is 0 Å². The van der Waals surface area contributed by atoms with Gasteiger partial charge in [-0.05, 0) is 43.7 Å². The van der Waals surface area contributed by atoms with Gasteiger partial charge in [0.05, 0.1) is 18.2 Å². The summed E-state index contributed by atoms with van der Waals surface area (Å²) in [6, 6.07) is 9.72. The van der Waals surface area contributed by atoms with E-state index in [1.54, 1.807) is 4.68 Å². The molecule has 1 aliphatic heterocycles. The molecule has 0 spiro atoms. The molecule has 0 bridgehead atoms. The first-order valence-corrected chi connectivity index (χ1v) is 11.3. The summed E-state index contributed by atoms with van der Waals surface area (Å²) in [7, 11) is 1.01. The number of para-hydroxylation sites is 1. The maximum Gasteiger partial charge on any atom is 0.198 e. The third-order valence-electron chi connectivity index (χ3n) is 4.79. The summed E-state index contributed by atoms with van der Waals surface area (Å²) in [5.41, 5.74) is 0. The molecule has 1 atom stereocenters.